The van der Waals surface area contributed by atoms with Crippen molar-refractivity contribution >= 4 is 28.2 Å². The SMILES string of the molecule is CC(Nc1c(N)nc(-c2nn(Cc3ccccc3F)c3c(F)cccc23)nc1N)C1CCOCC1. The van der Waals surface area contributed by atoms with Crippen molar-refractivity contribution in [2.24, 2.45) is 5.92 Å². The van der Waals surface area contributed by atoms with Crippen LogP contribution in [0.5, 0.6) is 0 Å². The molecular weight excluding hydrogens is 452 g/mol. The van der Waals surface area contributed by atoms with Crippen LogP contribution in [0.1, 0.15) is 25.3 Å². The number of nitrogen functional groups attached to an aromatic ring is 2. The lowest BCUT2D eigenvalue weighted by atomic mass is 9.93. The Bertz CT molecular complexity index is 1340. The maximum atomic E-state index is 14.9. The van der Waals surface area contributed by atoms with Crippen molar-refractivity contribution < 1.29 is 13.5 Å². The van der Waals surface area contributed by atoms with Gasteiger partial charge in [0.05, 0.1) is 6.54 Å². The Morgan fingerprint density at radius 2 is 1.71 bits per heavy atom. The zero-order valence-corrected chi connectivity index (χ0v) is 19.3. The average molecular weight is 480 g/mol. The highest BCUT2D eigenvalue weighted by Gasteiger charge is 2.24. The number of nitrogens with two attached hydrogens (primary N) is 2. The van der Waals surface area contributed by atoms with E-state index in [-0.39, 0.29) is 35.6 Å². The lowest BCUT2D eigenvalue weighted by molar-refractivity contribution is 0.0622. The van der Waals surface area contributed by atoms with Crippen LogP contribution in [0, 0.1) is 17.6 Å². The summed E-state index contributed by atoms with van der Waals surface area (Å²) in [6.07, 6.45) is 1.90. The molecule has 1 unspecified atom stereocenters. The summed E-state index contributed by atoms with van der Waals surface area (Å²) >= 11 is 0. The second-order valence-electron chi connectivity index (χ2n) is 8.81. The first-order chi connectivity index (χ1) is 16.9. The largest absolute Gasteiger partial charge is 0.382 e. The van der Waals surface area contributed by atoms with Gasteiger partial charge in [0.15, 0.2) is 17.5 Å². The van der Waals surface area contributed by atoms with Gasteiger partial charge in [-0.2, -0.15) is 5.10 Å². The van der Waals surface area contributed by atoms with E-state index in [0.717, 1.165) is 26.1 Å². The fourth-order valence-electron chi connectivity index (χ4n) is 4.57. The first-order valence-corrected chi connectivity index (χ1v) is 11.6. The van der Waals surface area contributed by atoms with Gasteiger partial charge in [0, 0.05) is 30.2 Å². The topological polar surface area (TPSA) is 117 Å². The molecular formula is C25H27F2N7O. The first-order valence-electron chi connectivity index (χ1n) is 11.6. The van der Waals surface area contributed by atoms with Gasteiger partial charge in [0.2, 0.25) is 0 Å². The molecule has 0 amide bonds. The number of ether oxygens (including phenoxy) is 1. The predicted molar refractivity (Wildman–Crippen MR) is 132 cm³/mol. The van der Waals surface area contributed by atoms with E-state index < -0.39 is 11.6 Å². The molecule has 0 radical (unpaired) electrons. The molecule has 0 bridgehead atoms. The summed E-state index contributed by atoms with van der Waals surface area (Å²) in [4.78, 5) is 8.89. The Morgan fingerprint density at radius 1 is 1.03 bits per heavy atom. The number of nitrogens with zero attached hydrogens (tertiary/aromatic N) is 4. The van der Waals surface area contributed by atoms with Gasteiger partial charge in [-0.25, -0.2) is 18.7 Å². The lowest BCUT2D eigenvalue weighted by Gasteiger charge is -2.29. The summed E-state index contributed by atoms with van der Waals surface area (Å²) < 4.78 is 36.0. The van der Waals surface area contributed by atoms with Crippen LogP contribution in [0.25, 0.3) is 22.4 Å². The molecule has 8 nitrogen and oxygen atoms in total. The van der Waals surface area contributed by atoms with Crippen LogP contribution in [-0.4, -0.2) is 39.0 Å². The molecule has 4 aromatic rings. The number of rotatable bonds is 6. The zero-order chi connectivity index (χ0) is 24.5. The number of hydrogen-bond donors (Lipinski definition) is 3. The van der Waals surface area contributed by atoms with Crippen LogP contribution in [0.2, 0.25) is 0 Å². The molecule has 1 saturated heterocycles. The Labute approximate surface area is 201 Å². The minimum Gasteiger partial charge on any atom is -0.382 e. The van der Waals surface area contributed by atoms with Crippen molar-refractivity contribution in [2.75, 3.05) is 30.0 Å². The number of halogens is 2. The van der Waals surface area contributed by atoms with Crippen LogP contribution in [-0.2, 0) is 11.3 Å². The van der Waals surface area contributed by atoms with Crippen LogP contribution < -0.4 is 16.8 Å². The normalized spacial score (nSPS) is 15.4. The number of hydrogen-bond acceptors (Lipinski definition) is 7. The summed E-state index contributed by atoms with van der Waals surface area (Å²) in [5, 5.41) is 8.38. The third-order valence-corrected chi connectivity index (χ3v) is 6.52. The van der Waals surface area contributed by atoms with E-state index in [2.05, 4.69) is 27.3 Å². The molecule has 1 atom stereocenters. The Balaban J connectivity index is 1.51. The highest BCUT2D eigenvalue weighted by molar-refractivity contribution is 5.93. The Morgan fingerprint density at radius 3 is 2.43 bits per heavy atom. The molecule has 1 fully saturated rings. The van der Waals surface area contributed by atoms with Crippen LogP contribution in [0.3, 0.4) is 0 Å². The standard InChI is InChI=1S/C25H27F2N7O/c1-14(15-9-11-35-12-10-15)30-21-23(28)31-25(32-24(21)29)20-17-6-4-8-19(27)22(17)34(33-20)13-16-5-2-3-7-18(16)26/h2-8,14-15,30H,9-13H2,1H3,(H4,28,29,31,32). The molecule has 1 aliphatic rings. The van der Waals surface area contributed by atoms with E-state index in [0.29, 0.717) is 28.2 Å². The molecule has 0 saturated carbocycles. The quantitative estimate of drug-likeness (QED) is 0.379. The van der Waals surface area contributed by atoms with Crippen molar-refractivity contribution in [1.82, 2.24) is 19.7 Å². The second kappa shape index (κ2) is 9.46. The number of para-hydroxylation sites is 1. The van der Waals surface area contributed by atoms with Crippen molar-refractivity contribution in [1.29, 1.82) is 0 Å². The van der Waals surface area contributed by atoms with Gasteiger partial charge in [0.25, 0.3) is 0 Å². The third-order valence-electron chi connectivity index (χ3n) is 6.52. The van der Waals surface area contributed by atoms with Crippen molar-refractivity contribution in [3.63, 3.8) is 0 Å². The van der Waals surface area contributed by atoms with Crippen molar-refractivity contribution in [2.45, 2.75) is 32.4 Å². The summed E-state index contributed by atoms with van der Waals surface area (Å²) in [6.45, 7) is 3.58. The van der Waals surface area contributed by atoms with Gasteiger partial charge in [-0.05, 0) is 37.8 Å². The summed E-state index contributed by atoms with van der Waals surface area (Å²) in [6, 6.07) is 11.0. The van der Waals surface area contributed by atoms with Crippen LogP contribution >= 0.6 is 0 Å². The minimum atomic E-state index is -0.484. The molecule has 0 aliphatic carbocycles. The maximum absolute atomic E-state index is 14.9. The van der Waals surface area contributed by atoms with E-state index >= 15 is 0 Å². The maximum Gasteiger partial charge on any atom is 0.184 e. The molecule has 2 aromatic carbocycles. The van der Waals surface area contributed by atoms with Crippen molar-refractivity contribution in [3.8, 4) is 11.5 Å². The predicted octanol–water partition coefficient (Wildman–Crippen LogP) is 4.21. The average Bonchev–Trinajstić information content (AvgIpc) is 3.23. The number of fused-ring (bicyclic) bond motifs is 1. The van der Waals surface area contributed by atoms with E-state index in [1.54, 1.807) is 30.3 Å². The fourth-order valence-corrected chi connectivity index (χ4v) is 4.57. The van der Waals surface area contributed by atoms with E-state index in [9.17, 15) is 8.78 Å². The van der Waals surface area contributed by atoms with Crippen LogP contribution in [0.4, 0.5) is 26.1 Å². The van der Waals surface area contributed by atoms with Gasteiger partial charge in [-0.15, -0.1) is 0 Å². The molecule has 35 heavy (non-hydrogen) atoms. The molecule has 10 heteroatoms. The minimum absolute atomic E-state index is 0.0390. The molecule has 1 aliphatic heterocycles. The number of benzene rings is 2. The molecule has 0 spiro atoms. The second-order valence-corrected chi connectivity index (χ2v) is 8.81. The molecule has 5 rings (SSSR count). The first kappa shape index (κ1) is 23.0. The highest BCUT2D eigenvalue weighted by Crippen LogP contribution is 2.33. The van der Waals surface area contributed by atoms with E-state index in [4.69, 9.17) is 16.2 Å². The summed E-state index contributed by atoms with van der Waals surface area (Å²) in [7, 11) is 0. The van der Waals surface area contributed by atoms with Gasteiger partial charge < -0.3 is 21.5 Å². The molecule has 3 heterocycles. The third kappa shape index (κ3) is 4.49. The Hall–Kier alpha value is -3.79. The van der Waals surface area contributed by atoms with Crippen LogP contribution in [0.15, 0.2) is 42.5 Å². The van der Waals surface area contributed by atoms with Gasteiger partial charge in [-0.1, -0.05) is 30.3 Å². The monoisotopic (exact) mass is 479 g/mol. The van der Waals surface area contributed by atoms with E-state index in [1.165, 1.54) is 16.8 Å². The van der Waals surface area contributed by atoms with Gasteiger partial charge in [-0.3, -0.25) is 4.68 Å². The molecule has 5 N–H and O–H groups in total. The Kier molecular flexibility index (Phi) is 6.21. The summed E-state index contributed by atoms with van der Waals surface area (Å²) in [5.41, 5.74) is 14.0. The number of aromatic nitrogens is 4. The number of nitrogens with one attached hydrogen (secondary N) is 1. The number of anilines is 3. The molecule has 182 valence electrons. The fraction of sp³-hybridized carbons (Fsp3) is 0.320. The zero-order valence-electron chi connectivity index (χ0n) is 19.3. The van der Waals surface area contributed by atoms with Gasteiger partial charge >= 0.3 is 0 Å². The molecule has 2 aromatic heterocycles. The highest BCUT2D eigenvalue weighted by atomic mass is 19.1. The lowest BCUT2D eigenvalue weighted by Crippen LogP contribution is -2.31. The van der Waals surface area contributed by atoms with Gasteiger partial charge in [0.1, 0.15) is 28.5 Å². The smallest absolute Gasteiger partial charge is 0.184 e. The summed E-state index contributed by atoms with van der Waals surface area (Å²) in [5.74, 6) is 0.0737. The van der Waals surface area contributed by atoms with Crippen molar-refractivity contribution in [3.05, 3.63) is 59.7 Å². The van der Waals surface area contributed by atoms with E-state index in [1.807, 2.05) is 0 Å².